The Morgan fingerprint density at radius 2 is 2.00 bits per heavy atom. The summed E-state index contributed by atoms with van der Waals surface area (Å²) in [5.41, 5.74) is 2.79. The number of benzene rings is 1. The number of rotatable bonds is 6. The van der Waals surface area contributed by atoms with Gasteiger partial charge in [0.15, 0.2) is 0 Å². The van der Waals surface area contributed by atoms with Crippen molar-refractivity contribution in [3.05, 3.63) is 53.0 Å². The number of hydrogen-bond acceptors (Lipinski definition) is 3. The lowest BCUT2D eigenvalue weighted by Gasteiger charge is -2.11. The first-order valence-electron chi connectivity index (χ1n) is 7.20. The van der Waals surface area contributed by atoms with E-state index in [0.29, 0.717) is 11.6 Å². The van der Waals surface area contributed by atoms with E-state index in [4.69, 9.17) is 4.74 Å². The standard InChI is InChI=1S/C17H21FN2O/c1-4-7-19-11-14-9-13(3)20-17(10-14)21-16-6-5-15(18)8-12(16)2/h5-6,8-10,19H,4,7,11H2,1-3H3. The highest BCUT2D eigenvalue weighted by atomic mass is 19.1. The molecule has 1 aromatic heterocycles. The Bertz CT molecular complexity index is 614. The third-order valence-corrected chi connectivity index (χ3v) is 3.10. The van der Waals surface area contributed by atoms with Gasteiger partial charge < -0.3 is 10.1 Å². The van der Waals surface area contributed by atoms with Gasteiger partial charge >= 0.3 is 0 Å². The van der Waals surface area contributed by atoms with Crippen molar-refractivity contribution < 1.29 is 9.13 Å². The molecule has 0 unspecified atom stereocenters. The summed E-state index contributed by atoms with van der Waals surface area (Å²) >= 11 is 0. The molecule has 2 rings (SSSR count). The van der Waals surface area contributed by atoms with Crippen molar-refractivity contribution in [3.63, 3.8) is 0 Å². The molecule has 0 aliphatic carbocycles. The maximum absolute atomic E-state index is 13.1. The number of aromatic nitrogens is 1. The van der Waals surface area contributed by atoms with Crippen molar-refractivity contribution in [3.8, 4) is 11.6 Å². The van der Waals surface area contributed by atoms with Crippen LogP contribution in [0.1, 0.15) is 30.2 Å². The highest BCUT2D eigenvalue weighted by Gasteiger charge is 2.06. The molecule has 0 saturated carbocycles. The molecule has 21 heavy (non-hydrogen) atoms. The summed E-state index contributed by atoms with van der Waals surface area (Å²) in [4.78, 5) is 4.38. The predicted molar refractivity (Wildman–Crippen MR) is 82.2 cm³/mol. The first kappa shape index (κ1) is 15.4. The van der Waals surface area contributed by atoms with Crippen LogP contribution in [0.3, 0.4) is 0 Å². The fraction of sp³-hybridized carbons (Fsp3) is 0.353. The van der Waals surface area contributed by atoms with Gasteiger partial charge in [-0.3, -0.25) is 0 Å². The molecule has 2 aromatic rings. The third-order valence-electron chi connectivity index (χ3n) is 3.10. The van der Waals surface area contributed by atoms with Gasteiger partial charge in [0.2, 0.25) is 5.88 Å². The van der Waals surface area contributed by atoms with Gasteiger partial charge in [-0.25, -0.2) is 9.37 Å². The van der Waals surface area contributed by atoms with Crippen LogP contribution in [0.5, 0.6) is 11.6 Å². The van der Waals surface area contributed by atoms with Crippen molar-refractivity contribution in [1.82, 2.24) is 10.3 Å². The Kier molecular flexibility index (Phi) is 5.28. The van der Waals surface area contributed by atoms with E-state index in [1.807, 2.05) is 26.0 Å². The molecule has 0 atom stereocenters. The van der Waals surface area contributed by atoms with E-state index < -0.39 is 0 Å². The molecule has 0 aliphatic rings. The van der Waals surface area contributed by atoms with Gasteiger partial charge in [0.25, 0.3) is 0 Å². The lowest BCUT2D eigenvalue weighted by atomic mass is 10.2. The van der Waals surface area contributed by atoms with Crippen molar-refractivity contribution >= 4 is 0 Å². The molecule has 1 heterocycles. The summed E-state index contributed by atoms with van der Waals surface area (Å²) in [7, 11) is 0. The minimum atomic E-state index is -0.262. The van der Waals surface area contributed by atoms with Crippen LogP contribution in [0, 0.1) is 19.7 Å². The minimum absolute atomic E-state index is 0.262. The number of pyridine rings is 1. The SMILES string of the molecule is CCCNCc1cc(C)nc(Oc2ccc(F)cc2C)c1. The van der Waals surface area contributed by atoms with E-state index in [2.05, 4.69) is 17.2 Å². The van der Waals surface area contributed by atoms with Crippen LogP contribution in [0.25, 0.3) is 0 Å². The molecule has 4 heteroatoms. The zero-order valence-corrected chi connectivity index (χ0v) is 12.7. The summed E-state index contributed by atoms with van der Waals surface area (Å²) in [6.07, 6.45) is 1.10. The van der Waals surface area contributed by atoms with Gasteiger partial charge in [0.1, 0.15) is 11.6 Å². The summed E-state index contributed by atoms with van der Waals surface area (Å²) in [5.74, 6) is 0.904. The normalized spacial score (nSPS) is 10.7. The molecule has 0 aliphatic heterocycles. The van der Waals surface area contributed by atoms with E-state index in [1.165, 1.54) is 12.1 Å². The highest BCUT2D eigenvalue weighted by molar-refractivity contribution is 5.36. The van der Waals surface area contributed by atoms with E-state index in [1.54, 1.807) is 6.07 Å². The molecule has 1 N–H and O–H groups in total. The first-order valence-corrected chi connectivity index (χ1v) is 7.20. The average molecular weight is 288 g/mol. The molecule has 3 nitrogen and oxygen atoms in total. The van der Waals surface area contributed by atoms with Crippen LogP contribution in [-0.2, 0) is 6.54 Å². The lowest BCUT2D eigenvalue weighted by molar-refractivity contribution is 0.455. The number of nitrogens with one attached hydrogen (secondary N) is 1. The van der Waals surface area contributed by atoms with E-state index in [0.717, 1.165) is 36.3 Å². The maximum atomic E-state index is 13.1. The number of nitrogens with zero attached hydrogens (tertiary/aromatic N) is 1. The summed E-state index contributed by atoms with van der Waals surface area (Å²) in [5, 5.41) is 3.36. The smallest absolute Gasteiger partial charge is 0.219 e. The van der Waals surface area contributed by atoms with E-state index in [-0.39, 0.29) is 5.82 Å². The topological polar surface area (TPSA) is 34.2 Å². The monoisotopic (exact) mass is 288 g/mol. The fourth-order valence-electron chi connectivity index (χ4n) is 2.11. The number of hydrogen-bond donors (Lipinski definition) is 1. The van der Waals surface area contributed by atoms with Gasteiger partial charge in [-0.05, 0) is 62.2 Å². The second-order valence-corrected chi connectivity index (χ2v) is 5.14. The summed E-state index contributed by atoms with van der Waals surface area (Å²) in [6, 6.07) is 8.42. The Morgan fingerprint density at radius 1 is 1.19 bits per heavy atom. The largest absolute Gasteiger partial charge is 0.439 e. The number of halogens is 1. The zero-order valence-electron chi connectivity index (χ0n) is 12.7. The van der Waals surface area contributed by atoms with Crippen LogP contribution in [-0.4, -0.2) is 11.5 Å². The molecule has 0 fully saturated rings. The van der Waals surface area contributed by atoms with Gasteiger partial charge in [-0.2, -0.15) is 0 Å². The quantitative estimate of drug-likeness (QED) is 0.812. The Labute approximate surface area is 125 Å². The maximum Gasteiger partial charge on any atom is 0.219 e. The van der Waals surface area contributed by atoms with Crippen LogP contribution < -0.4 is 10.1 Å². The Morgan fingerprint density at radius 3 is 2.71 bits per heavy atom. The lowest BCUT2D eigenvalue weighted by Crippen LogP contribution is -2.14. The van der Waals surface area contributed by atoms with Crippen LogP contribution in [0.2, 0.25) is 0 Å². The van der Waals surface area contributed by atoms with Gasteiger partial charge in [-0.1, -0.05) is 6.92 Å². The zero-order chi connectivity index (χ0) is 15.2. The number of aryl methyl sites for hydroxylation is 2. The van der Waals surface area contributed by atoms with Gasteiger partial charge in [0.05, 0.1) is 0 Å². The van der Waals surface area contributed by atoms with Gasteiger partial charge in [0, 0.05) is 18.3 Å². The average Bonchev–Trinajstić information content (AvgIpc) is 2.42. The molecular formula is C17H21FN2O. The highest BCUT2D eigenvalue weighted by Crippen LogP contribution is 2.25. The van der Waals surface area contributed by atoms with E-state index in [9.17, 15) is 4.39 Å². The molecule has 0 bridgehead atoms. The fourth-order valence-corrected chi connectivity index (χ4v) is 2.11. The van der Waals surface area contributed by atoms with Crippen LogP contribution in [0.4, 0.5) is 4.39 Å². The molecule has 112 valence electrons. The Balaban J connectivity index is 2.15. The first-order chi connectivity index (χ1) is 10.1. The predicted octanol–water partition coefficient (Wildman–Crippen LogP) is 4.13. The van der Waals surface area contributed by atoms with Gasteiger partial charge in [-0.15, -0.1) is 0 Å². The number of ether oxygens (including phenoxy) is 1. The van der Waals surface area contributed by atoms with Crippen molar-refractivity contribution in [2.45, 2.75) is 33.7 Å². The molecule has 0 amide bonds. The van der Waals surface area contributed by atoms with E-state index >= 15 is 0 Å². The van der Waals surface area contributed by atoms with Crippen molar-refractivity contribution in [2.75, 3.05) is 6.54 Å². The Hall–Kier alpha value is -1.94. The second-order valence-electron chi connectivity index (χ2n) is 5.14. The molecule has 0 spiro atoms. The molecular weight excluding hydrogens is 267 g/mol. The molecule has 1 aromatic carbocycles. The van der Waals surface area contributed by atoms with Crippen LogP contribution in [0.15, 0.2) is 30.3 Å². The second kappa shape index (κ2) is 7.18. The molecule has 0 radical (unpaired) electrons. The summed E-state index contributed by atoms with van der Waals surface area (Å²) in [6.45, 7) is 7.66. The molecule has 0 saturated heterocycles. The summed E-state index contributed by atoms with van der Waals surface area (Å²) < 4.78 is 18.9. The minimum Gasteiger partial charge on any atom is -0.439 e. The van der Waals surface area contributed by atoms with Crippen molar-refractivity contribution in [1.29, 1.82) is 0 Å². The van der Waals surface area contributed by atoms with Crippen molar-refractivity contribution in [2.24, 2.45) is 0 Å². The third kappa shape index (κ3) is 4.53. The van der Waals surface area contributed by atoms with Crippen LogP contribution >= 0.6 is 0 Å².